The van der Waals surface area contributed by atoms with Crippen molar-refractivity contribution in [2.45, 2.75) is 32.1 Å². The first kappa shape index (κ1) is 16.1. The van der Waals surface area contributed by atoms with Gasteiger partial charge in [0.05, 0.1) is 12.1 Å². The predicted molar refractivity (Wildman–Crippen MR) is 76.5 cm³/mol. The second kappa shape index (κ2) is 8.27. The van der Waals surface area contributed by atoms with Crippen LogP contribution in [0.25, 0.3) is 0 Å². The standard InChI is InChI=1S/C15H16N4S/c1-20-15(12(9-18)10-19)14-6-4-2-3-5-13(14)11(7-16)8-17/h11,13-14H,2-6H2,1H3. The summed E-state index contributed by atoms with van der Waals surface area (Å²) in [4.78, 5) is 0.748. The molecule has 1 saturated carbocycles. The van der Waals surface area contributed by atoms with Gasteiger partial charge in [-0.05, 0) is 30.9 Å². The van der Waals surface area contributed by atoms with Gasteiger partial charge in [-0.15, -0.1) is 11.8 Å². The first-order valence-electron chi connectivity index (χ1n) is 6.61. The summed E-state index contributed by atoms with van der Waals surface area (Å²) >= 11 is 1.40. The largest absolute Gasteiger partial charge is 0.197 e. The molecule has 2 unspecified atom stereocenters. The van der Waals surface area contributed by atoms with Crippen molar-refractivity contribution in [2.75, 3.05) is 6.26 Å². The molecule has 0 aromatic rings. The van der Waals surface area contributed by atoms with Crippen molar-refractivity contribution in [1.82, 2.24) is 0 Å². The van der Waals surface area contributed by atoms with Crippen molar-refractivity contribution in [3.05, 3.63) is 10.5 Å². The fourth-order valence-corrected chi connectivity index (χ4v) is 3.75. The smallest absolute Gasteiger partial charge is 0.139 e. The molecule has 2 atom stereocenters. The SMILES string of the molecule is CSC(=C(C#N)C#N)C1CCCCCC1C(C#N)C#N. The topological polar surface area (TPSA) is 95.2 Å². The van der Waals surface area contributed by atoms with Crippen LogP contribution in [0.1, 0.15) is 32.1 Å². The minimum Gasteiger partial charge on any atom is -0.197 e. The Hall–Kier alpha value is -1.95. The average molecular weight is 284 g/mol. The highest BCUT2D eigenvalue weighted by Crippen LogP contribution is 2.42. The van der Waals surface area contributed by atoms with E-state index in [4.69, 9.17) is 21.0 Å². The van der Waals surface area contributed by atoms with Crippen molar-refractivity contribution < 1.29 is 0 Å². The van der Waals surface area contributed by atoms with Gasteiger partial charge in [0.15, 0.2) is 0 Å². The van der Waals surface area contributed by atoms with Crippen LogP contribution in [0.5, 0.6) is 0 Å². The Bertz CT molecular complexity index is 508. The normalized spacial score (nSPS) is 21.7. The molecular weight excluding hydrogens is 268 g/mol. The molecule has 1 fully saturated rings. The van der Waals surface area contributed by atoms with Crippen molar-refractivity contribution in [3.8, 4) is 24.3 Å². The van der Waals surface area contributed by atoms with Crippen LogP contribution in [0.3, 0.4) is 0 Å². The lowest BCUT2D eigenvalue weighted by Gasteiger charge is -2.27. The molecule has 4 nitrogen and oxygen atoms in total. The Morgan fingerprint density at radius 2 is 1.60 bits per heavy atom. The summed E-state index contributed by atoms with van der Waals surface area (Å²) in [5.41, 5.74) is 0.129. The second-order valence-electron chi connectivity index (χ2n) is 4.81. The summed E-state index contributed by atoms with van der Waals surface area (Å²) in [7, 11) is 0. The van der Waals surface area contributed by atoms with E-state index in [9.17, 15) is 0 Å². The molecule has 0 radical (unpaired) electrons. The van der Waals surface area contributed by atoms with Crippen LogP contribution >= 0.6 is 11.8 Å². The molecule has 5 heteroatoms. The molecule has 0 aliphatic heterocycles. The van der Waals surface area contributed by atoms with E-state index in [1.54, 1.807) is 0 Å². The van der Waals surface area contributed by atoms with Crippen LogP contribution in [0.15, 0.2) is 10.5 Å². The first-order chi connectivity index (χ1) is 9.73. The van der Waals surface area contributed by atoms with Crippen molar-refractivity contribution >= 4 is 11.8 Å². The maximum absolute atomic E-state index is 9.17. The Balaban J connectivity index is 3.25. The molecule has 0 heterocycles. The Kier molecular flexibility index (Phi) is 6.66. The van der Waals surface area contributed by atoms with E-state index in [2.05, 4.69) is 12.1 Å². The van der Waals surface area contributed by atoms with Gasteiger partial charge in [-0.25, -0.2) is 0 Å². The van der Waals surface area contributed by atoms with E-state index in [0.717, 1.165) is 37.0 Å². The minimum atomic E-state index is -0.668. The summed E-state index contributed by atoms with van der Waals surface area (Å²) in [6.45, 7) is 0. The van der Waals surface area contributed by atoms with E-state index in [1.807, 2.05) is 18.4 Å². The lowest BCUT2D eigenvalue weighted by molar-refractivity contribution is 0.329. The Labute approximate surface area is 124 Å². The van der Waals surface area contributed by atoms with Gasteiger partial charge in [-0.2, -0.15) is 21.0 Å². The molecule has 0 bridgehead atoms. The number of nitriles is 4. The quantitative estimate of drug-likeness (QED) is 0.583. The minimum absolute atomic E-state index is 0.0221. The number of rotatable bonds is 3. The third-order valence-electron chi connectivity index (χ3n) is 3.80. The molecule has 0 N–H and O–H groups in total. The molecule has 0 spiro atoms. The van der Waals surface area contributed by atoms with E-state index in [0.29, 0.717) is 0 Å². The van der Waals surface area contributed by atoms with Crippen LogP contribution in [-0.2, 0) is 0 Å². The fraction of sp³-hybridized carbons (Fsp3) is 0.600. The maximum atomic E-state index is 9.17. The van der Waals surface area contributed by atoms with Crippen LogP contribution in [0.4, 0.5) is 0 Å². The van der Waals surface area contributed by atoms with E-state index >= 15 is 0 Å². The Morgan fingerprint density at radius 3 is 2.10 bits per heavy atom. The zero-order valence-corrected chi connectivity index (χ0v) is 12.3. The van der Waals surface area contributed by atoms with E-state index in [1.165, 1.54) is 11.8 Å². The molecule has 102 valence electrons. The molecule has 0 saturated heterocycles. The van der Waals surface area contributed by atoms with Gasteiger partial charge in [0.25, 0.3) is 0 Å². The molecule has 0 aromatic heterocycles. The average Bonchev–Trinajstić information content (AvgIpc) is 2.72. The summed E-state index contributed by atoms with van der Waals surface area (Å²) in [6, 6.07) is 8.04. The van der Waals surface area contributed by atoms with Gasteiger partial charge in [0.2, 0.25) is 0 Å². The number of hydrogen-bond donors (Lipinski definition) is 0. The van der Waals surface area contributed by atoms with Crippen LogP contribution in [-0.4, -0.2) is 6.26 Å². The van der Waals surface area contributed by atoms with Gasteiger partial charge in [-0.1, -0.05) is 19.3 Å². The summed E-state index contributed by atoms with van der Waals surface area (Å²) in [5.74, 6) is -0.767. The second-order valence-corrected chi connectivity index (χ2v) is 5.66. The van der Waals surface area contributed by atoms with Crippen molar-refractivity contribution in [1.29, 1.82) is 21.0 Å². The number of thioether (sulfide) groups is 1. The molecule has 1 rings (SSSR count). The maximum Gasteiger partial charge on any atom is 0.139 e. The predicted octanol–water partition coefficient (Wildman–Crippen LogP) is 3.51. The molecule has 0 amide bonds. The molecule has 1 aliphatic carbocycles. The highest BCUT2D eigenvalue weighted by Gasteiger charge is 2.34. The number of allylic oxidation sites excluding steroid dienone is 2. The summed E-state index contributed by atoms with van der Waals surface area (Å²) in [5, 5.41) is 36.5. The van der Waals surface area contributed by atoms with E-state index in [-0.39, 0.29) is 17.4 Å². The highest BCUT2D eigenvalue weighted by molar-refractivity contribution is 8.02. The lowest BCUT2D eigenvalue weighted by Crippen LogP contribution is -2.22. The monoisotopic (exact) mass is 284 g/mol. The third kappa shape index (κ3) is 3.54. The van der Waals surface area contributed by atoms with Crippen molar-refractivity contribution in [2.24, 2.45) is 17.8 Å². The molecular formula is C15H16N4S. The van der Waals surface area contributed by atoms with Gasteiger partial charge >= 0.3 is 0 Å². The van der Waals surface area contributed by atoms with Crippen LogP contribution in [0.2, 0.25) is 0 Å². The highest BCUT2D eigenvalue weighted by atomic mass is 32.2. The molecule has 20 heavy (non-hydrogen) atoms. The van der Waals surface area contributed by atoms with Gasteiger partial charge in [0, 0.05) is 4.91 Å². The molecule has 1 aliphatic rings. The van der Waals surface area contributed by atoms with Crippen molar-refractivity contribution in [3.63, 3.8) is 0 Å². The van der Waals surface area contributed by atoms with Gasteiger partial charge in [-0.3, -0.25) is 0 Å². The van der Waals surface area contributed by atoms with Crippen LogP contribution < -0.4 is 0 Å². The van der Waals surface area contributed by atoms with E-state index < -0.39 is 5.92 Å². The number of hydrogen-bond acceptors (Lipinski definition) is 5. The summed E-state index contributed by atoms with van der Waals surface area (Å²) in [6.07, 6.45) is 6.58. The zero-order chi connectivity index (χ0) is 15.0. The van der Waals surface area contributed by atoms with Crippen LogP contribution in [0, 0.1) is 63.1 Å². The fourth-order valence-electron chi connectivity index (χ4n) is 2.86. The third-order valence-corrected chi connectivity index (χ3v) is 4.75. The molecule has 0 aromatic carbocycles. The zero-order valence-electron chi connectivity index (χ0n) is 11.5. The Morgan fingerprint density at radius 1 is 1.00 bits per heavy atom. The van der Waals surface area contributed by atoms with Gasteiger partial charge in [0.1, 0.15) is 23.6 Å². The summed E-state index contributed by atoms with van der Waals surface area (Å²) < 4.78 is 0. The number of nitrogens with zero attached hydrogens (tertiary/aromatic N) is 4. The lowest BCUT2D eigenvalue weighted by atomic mass is 9.78. The van der Waals surface area contributed by atoms with Gasteiger partial charge < -0.3 is 0 Å². The first-order valence-corrected chi connectivity index (χ1v) is 7.83.